The molecule has 3 heterocycles. The number of anilines is 2. The maximum atomic E-state index is 12.5. The number of carbonyl (C=O) groups is 1. The summed E-state index contributed by atoms with van der Waals surface area (Å²) in [5.41, 5.74) is 4.78. The molecule has 0 spiro atoms. The van der Waals surface area contributed by atoms with Gasteiger partial charge in [0.05, 0.1) is 16.3 Å². The van der Waals surface area contributed by atoms with Crippen molar-refractivity contribution in [3.8, 4) is 11.3 Å². The molecule has 2 N–H and O–H groups in total. The summed E-state index contributed by atoms with van der Waals surface area (Å²) < 4.78 is 0. The first-order valence-electron chi connectivity index (χ1n) is 9.53. The SMILES string of the molecule is CCc1[nH]nc(-c2ccc(N3CCCCC3)cc2)c1NC(=O)c1cccs1. The summed E-state index contributed by atoms with van der Waals surface area (Å²) in [5.74, 6) is -0.0905. The van der Waals surface area contributed by atoms with E-state index in [2.05, 4.69) is 51.6 Å². The molecule has 0 bridgehead atoms. The van der Waals surface area contributed by atoms with Crippen molar-refractivity contribution in [2.75, 3.05) is 23.3 Å². The number of aryl methyl sites for hydroxylation is 1. The predicted octanol–water partition coefficient (Wildman–Crippen LogP) is 4.94. The van der Waals surface area contributed by atoms with Gasteiger partial charge in [0.2, 0.25) is 0 Å². The quantitative estimate of drug-likeness (QED) is 0.659. The lowest BCUT2D eigenvalue weighted by atomic mass is 10.1. The summed E-state index contributed by atoms with van der Waals surface area (Å²) >= 11 is 1.44. The number of hydrogen-bond acceptors (Lipinski definition) is 4. The molecule has 1 amide bonds. The first kappa shape index (κ1) is 17.8. The number of hydrogen-bond donors (Lipinski definition) is 2. The Kier molecular flexibility index (Phi) is 5.25. The van der Waals surface area contributed by atoms with E-state index in [1.165, 1.54) is 36.3 Å². The Morgan fingerprint density at radius 2 is 1.96 bits per heavy atom. The largest absolute Gasteiger partial charge is 0.372 e. The zero-order valence-electron chi connectivity index (χ0n) is 15.5. The van der Waals surface area contributed by atoms with E-state index in [1.54, 1.807) is 0 Å². The minimum absolute atomic E-state index is 0.0905. The second kappa shape index (κ2) is 7.96. The molecule has 1 saturated heterocycles. The minimum atomic E-state index is -0.0905. The van der Waals surface area contributed by atoms with Gasteiger partial charge in [-0.2, -0.15) is 5.10 Å². The number of piperidine rings is 1. The van der Waals surface area contributed by atoms with Crippen molar-refractivity contribution >= 4 is 28.6 Å². The number of carbonyl (C=O) groups excluding carboxylic acids is 1. The standard InChI is InChI=1S/C21H24N4OS/c1-2-17-20(22-21(26)18-7-6-14-27-18)19(24-23-17)15-8-10-16(11-9-15)25-12-4-3-5-13-25/h6-11,14H,2-5,12-13H2,1H3,(H,22,26)(H,23,24). The Morgan fingerprint density at radius 1 is 1.19 bits per heavy atom. The highest BCUT2D eigenvalue weighted by atomic mass is 32.1. The van der Waals surface area contributed by atoms with Gasteiger partial charge in [0.1, 0.15) is 5.69 Å². The Hall–Kier alpha value is -2.60. The number of thiophene rings is 1. The summed E-state index contributed by atoms with van der Waals surface area (Å²) in [7, 11) is 0. The summed E-state index contributed by atoms with van der Waals surface area (Å²) in [6, 6.07) is 12.2. The smallest absolute Gasteiger partial charge is 0.265 e. The molecule has 4 rings (SSSR count). The molecule has 1 aromatic carbocycles. The molecule has 0 unspecified atom stereocenters. The summed E-state index contributed by atoms with van der Waals surface area (Å²) in [4.78, 5) is 15.7. The second-order valence-electron chi connectivity index (χ2n) is 6.81. The molecular weight excluding hydrogens is 356 g/mol. The molecule has 1 aliphatic rings. The molecule has 0 saturated carbocycles. The fraction of sp³-hybridized carbons (Fsp3) is 0.333. The third kappa shape index (κ3) is 3.76. The highest BCUT2D eigenvalue weighted by Gasteiger charge is 2.18. The summed E-state index contributed by atoms with van der Waals surface area (Å²) in [5, 5.41) is 12.5. The first-order chi connectivity index (χ1) is 13.3. The monoisotopic (exact) mass is 380 g/mol. The molecule has 1 aliphatic heterocycles. The molecular formula is C21H24N4OS. The van der Waals surface area contributed by atoms with Crippen LogP contribution in [0.1, 0.15) is 41.6 Å². The van der Waals surface area contributed by atoms with Gasteiger partial charge in [-0.1, -0.05) is 25.1 Å². The van der Waals surface area contributed by atoms with Crippen LogP contribution in [0.4, 0.5) is 11.4 Å². The second-order valence-corrected chi connectivity index (χ2v) is 7.75. The van der Waals surface area contributed by atoms with Crippen LogP contribution in [0, 0.1) is 0 Å². The maximum Gasteiger partial charge on any atom is 0.265 e. The van der Waals surface area contributed by atoms with Crippen LogP contribution in [-0.4, -0.2) is 29.2 Å². The van der Waals surface area contributed by atoms with Crippen LogP contribution < -0.4 is 10.2 Å². The van der Waals surface area contributed by atoms with Gasteiger partial charge in [0.15, 0.2) is 0 Å². The molecule has 3 aromatic rings. The van der Waals surface area contributed by atoms with E-state index in [4.69, 9.17) is 0 Å². The molecule has 0 atom stereocenters. The number of aromatic nitrogens is 2. The van der Waals surface area contributed by atoms with Gasteiger partial charge >= 0.3 is 0 Å². The zero-order chi connectivity index (χ0) is 18.6. The molecule has 0 aliphatic carbocycles. The van der Waals surface area contributed by atoms with E-state index in [-0.39, 0.29) is 5.91 Å². The lowest BCUT2D eigenvalue weighted by Crippen LogP contribution is -2.29. The van der Waals surface area contributed by atoms with E-state index >= 15 is 0 Å². The highest BCUT2D eigenvalue weighted by molar-refractivity contribution is 7.12. The Balaban J connectivity index is 1.59. The van der Waals surface area contributed by atoms with E-state index < -0.39 is 0 Å². The van der Waals surface area contributed by atoms with Crippen molar-refractivity contribution in [1.82, 2.24) is 10.2 Å². The predicted molar refractivity (Wildman–Crippen MR) is 112 cm³/mol. The lowest BCUT2D eigenvalue weighted by Gasteiger charge is -2.28. The highest BCUT2D eigenvalue weighted by Crippen LogP contribution is 2.31. The fourth-order valence-electron chi connectivity index (χ4n) is 3.54. The maximum absolute atomic E-state index is 12.5. The van der Waals surface area contributed by atoms with Gasteiger partial charge in [-0.15, -0.1) is 11.3 Å². The van der Waals surface area contributed by atoms with Gasteiger partial charge in [0.25, 0.3) is 5.91 Å². The third-order valence-corrected chi connectivity index (χ3v) is 5.91. The Labute approximate surface area is 163 Å². The van der Waals surface area contributed by atoms with Crippen molar-refractivity contribution < 1.29 is 4.79 Å². The van der Waals surface area contributed by atoms with Crippen molar-refractivity contribution in [3.63, 3.8) is 0 Å². The molecule has 140 valence electrons. The van der Waals surface area contributed by atoms with Crippen molar-refractivity contribution in [3.05, 3.63) is 52.3 Å². The average molecular weight is 381 g/mol. The lowest BCUT2D eigenvalue weighted by molar-refractivity contribution is 0.103. The molecule has 27 heavy (non-hydrogen) atoms. The molecule has 0 radical (unpaired) electrons. The number of nitrogens with one attached hydrogen (secondary N) is 2. The van der Waals surface area contributed by atoms with Crippen molar-refractivity contribution in [2.24, 2.45) is 0 Å². The van der Waals surface area contributed by atoms with Gasteiger partial charge in [-0.05, 0) is 49.3 Å². The summed E-state index contributed by atoms with van der Waals surface area (Å²) in [6.45, 7) is 4.31. The van der Waals surface area contributed by atoms with E-state index in [9.17, 15) is 4.79 Å². The number of amides is 1. The fourth-order valence-corrected chi connectivity index (χ4v) is 4.16. The first-order valence-corrected chi connectivity index (χ1v) is 10.4. The number of H-pyrrole nitrogens is 1. The van der Waals surface area contributed by atoms with Crippen LogP contribution in [0.25, 0.3) is 11.3 Å². The Bertz CT molecular complexity index is 893. The number of nitrogens with zero attached hydrogens (tertiary/aromatic N) is 2. The third-order valence-electron chi connectivity index (χ3n) is 5.04. The Morgan fingerprint density at radius 3 is 2.63 bits per heavy atom. The van der Waals surface area contributed by atoms with Crippen LogP contribution in [-0.2, 0) is 6.42 Å². The summed E-state index contributed by atoms with van der Waals surface area (Å²) in [6.07, 6.45) is 4.63. The molecule has 2 aromatic heterocycles. The average Bonchev–Trinajstić information content (AvgIpc) is 3.39. The number of aromatic amines is 1. The van der Waals surface area contributed by atoms with Crippen LogP contribution in [0.3, 0.4) is 0 Å². The topological polar surface area (TPSA) is 61.0 Å². The van der Waals surface area contributed by atoms with Crippen LogP contribution in [0.5, 0.6) is 0 Å². The van der Waals surface area contributed by atoms with Crippen molar-refractivity contribution in [1.29, 1.82) is 0 Å². The normalized spacial score (nSPS) is 14.3. The zero-order valence-corrected chi connectivity index (χ0v) is 16.3. The van der Waals surface area contributed by atoms with Gasteiger partial charge < -0.3 is 10.2 Å². The molecule has 5 nitrogen and oxygen atoms in total. The minimum Gasteiger partial charge on any atom is -0.372 e. The van der Waals surface area contributed by atoms with Gasteiger partial charge in [0, 0.05) is 24.3 Å². The molecule has 6 heteroatoms. The number of rotatable bonds is 5. The van der Waals surface area contributed by atoms with Crippen LogP contribution in [0.2, 0.25) is 0 Å². The van der Waals surface area contributed by atoms with Gasteiger partial charge in [-0.25, -0.2) is 0 Å². The molecule has 1 fully saturated rings. The van der Waals surface area contributed by atoms with E-state index in [0.717, 1.165) is 42.1 Å². The van der Waals surface area contributed by atoms with Gasteiger partial charge in [-0.3, -0.25) is 9.89 Å². The van der Waals surface area contributed by atoms with E-state index in [0.29, 0.717) is 4.88 Å². The van der Waals surface area contributed by atoms with Crippen LogP contribution in [0.15, 0.2) is 41.8 Å². The van der Waals surface area contributed by atoms with Crippen molar-refractivity contribution in [2.45, 2.75) is 32.6 Å². The van der Waals surface area contributed by atoms with Crippen LogP contribution >= 0.6 is 11.3 Å². The number of benzene rings is 1. The van der Waals surface area contributed by atoms with E-state index in [1.807, 2.05) is 17.5 Å².